The second kappa shape index (κ2) is 4.60. The Bertz CT molecular complexity index is 180. The van der Waals surface area contributed by atoms with Crippen LogP contribution in [-0.2, 0) is 4.74 Å². The van der Waals surface area contributed by atoms with Crippen LogP contribution >= 0.6 is 0 Å². The molecule has 2 unspecified atom stereocenters. The van der Waals surface area contributed by atoms with Gasteiger partial charge in [0.25, 0.3) is 0 Å². The Hall–Kier alpha value is -0.120. The van der Waals surface area contributed by atoms with Crippen LogP contribution in [0, 0.1) is 5.92 Å². The lowest BCUT2D eigenvalue weighted by Gasteiger charge is -2.34. The minimum Gasteiger partial charge on any atom is -0.378 e. The van der Waals surface area contributed by atoms with Crippen LogP contribution in [0.15, 0.2) is 0 Å². The third-order valence-electron chi connectivity index (χ3n) is 3.59. The monoisotopic (exact) mass is 198 g/mol. The Labute approximate surface area is 86.4 Å². The number of rotatable bonds is 4. The molecule has 0 aromatic heterocycles. The fraction of sp³-hybridized carbons (Fsp3) is 1.00. The predicted molar refractivity (Wildman–Crippen MR) is 57.1 cm³/mol. The Kier molecular flexibility index (Phi) is 3.42. The van der Waals surface area contributed by atoms with Gasteiger partial charge in [-0.25, -0.2) is 0 Å². The number of ether oxygens (including phenoxy) is 1. The maximum atomic E-state index is 5.74. The van der Waals surface area contributed by atoms with E-state index in [9.17, 15) is 0 Å². The Morgan fingerprint density at radius 2 is 2.21 bits per heavy atom. The average molecular weight is 198 g/mol. The first-order valence-electron chi connectivity index (χ1n) is 5.90. The summed E-state index contributed by atoms with van der Waals surface area (Å²) in [4.78, 5) is 0. The molecule has 2 rings (SSSR count). The molecule has 2 atom stereocenters. The third kappa shape index (κ3) is 2.27. The molecule has 82 valence electrons. The molecule has 14 heavy (non-hydrogen) atoms. The number of nitrogens with two attached hydrogens (primary N) is 1. The van der Waals surface area contributed by atoms with E-state index in [1.54, 1.807) is 0 Å². The van der Waals surface area contributed by atoms with Crippen LogP contribution in [-0.4, -0.2) is 31.3 Å². The van der Waals surface area contributed by atoms with E-state index in [1.165, 1.54) is 6.42 Å². The van der Waals surface area contributed by atoms with Crippen LogP contribution in [0.4, 0.5) is 0 Å². The zero-order chi connectivity index (χ0) is 9.97. The van der Waals surface area contributed by atoms with Crippen molar-refractivity contribution in [1.29, 1.82) is 0 Å². The van der Waals surface area contributed by atoms with Gasteiger partial charge in [0.1, 0.15) is 0 Å². The highest BCUT2D eigenvalue weighted by Crippen LogP contribution is 2.24. The molecule has 2 fully saturated rings. The summed E-state index contributed by atoms with van der Waals surface area (Å²) in [6, 6.07) is 1.14. The Balaban J connectivity index is 1.65. The van der Waals surface area contributed by atoms with Gasteiger partial charge in [0.05, 0.1) is 6.10 Å². The minimum absolute atomic E-state index is 0.453. The first kappa shape index (κ1) is 10.4. The van der Waals surface area contributed by atoms with Gasteiger partial charge in [-0.3, -0.25) is 0 Å². The van der Waals surface area contributed by atoms with E-state index in [0.29, 0.717) is 18.2 Å². The summed E-state index contributed by atoms with van der Waals surface area (Å²) in [7, 11) is 0. The first-order chi connectivity index (χ1) is 6.79. The smallest absolute Gasteiger partial charge is 0.0613 e. The highest BCUT2D eigenvalue weighted by atomic mass is 16.5. The SMILES string of the molecule is CCC1OCCC1CNC1CC(N)C1. The fourth-order valence-corrected chi connectivity index (χ4v) is 2.52. The maximum Gasteiger partial charge on any atom is 0.0613 e. The van der Waals surface area contributed by atoms with Gasteiger partial charge in [0.15, 0.2) is 0 Å². The predicted octanol–water partition coefficient (Wildman–Crippen LogP) is 0.881. The quantitative estimate of drug-likeness (QED) is 0.705. The van der Waals surface area contributed by atoms with Gasteiger partial charge in [-0.15, -0.1) is 0 Å². The highest BCUT2D eigenvalue weighted by molar-refractivity contribution is 4.89. The number of hydrogen-bond donors (Lipinski definition) is 2. The average Bonchev–Trinajstić information content (AvgIpc) is 2.57. The van der Waals surface area contributed by atoms with E-state index in [0.717, 1.165) is 38.3 Å². The van der Waals surface area contributed by atoms with Crippen molar-refractivity contribution in [1.82, 2.24) is 5.32 Å². The molecule has 0 radical (unpaired) electrons. The molecule has 2 aliphatic rings. The molecule has 1 aliphatic heterocycles. The van der Waals surface area contributed by atoms with Gasteiger partial charge in [-0.05, 0) is 31.6 Å². The minimum atomic E-state index is 0.453. The lowest BCUT2D eigenvalue weighted by molar-refractivity contribution is 0.0854. The Morgan fingerprint density at radius 1 is 1.43 bits per heavy atom. The summed E-state index contributed by atoms with van der Waals surface area (Å²) in [5, 5.41) is 3.60. The zero-order valence-electron chi connectivity index (χ0n) is 9.04. The molecule has 0 aromatic carbocycles. The summed E-state index contributed by atoms with van der Waals surface area (Å²) < 4.78 is 5.66. The van der Waals surface area contributed by atoms with Gasteiger partial charge in [-0.1, -0.05) is 6.92 Å². The van der Waals surface area contributed by atoms with Crippen LogP contribution in [0.3, 0.4) is 0 Å². The topological polar surface area (TPSA) is 47.3 Å². The van der Waals surface area contributed by atoms with Gasteiger partial charge >= 0.3 is 0 Å². The van der Waals surface area contributed by atoms with Gasteiger partial charge in [0, 0.05) is 25.2 Å². The van der Waals surface area contributed by atoms with Gasteiger partial charge in [-0.2, -0.15) is 0 Å². The second-order valence-electron chi connectivity index (χ2n) is 4.70. The van der Waals surface area contributed by atoms with Crippen molar-refractivity contribution in [3.8, 4) is 0 Å². The van der Waals surface area contributed by atoms with Crippen molar-refractivity contribution in [2.24, 2.45) is 11.7 Å². The molecular weight excluding hydrogens is 176 g/mol. The molecule has 0 spiro atoms. The van der Waals surface area contributed by atoms with Crippen LogP contribution < -0.4 is 11.1 Å². The highest BCUT2D eigenvalue weighted by Gasteiger charge is 2.30. The second-order valence-corrected chi connectivity index (χ2v) is 4.70. The molecule has 3 N–H and O–H groups in total. The normalized spacial score (nSPS) is 42.4. The summed E-state index contributed by atoms with van der Waals surface area (Å²) >= 11 is 0. The van der Waals surface area contributed by atoms with Gasteiger partial charge < -0.3 is 15.8 Å². The van der Waals surface area contributed by atoms with E-state index < -0.39 is 0 Å². The van der Waals surface area contributed by atoms with Crippen molar-refractivity contribution in [3.05, 3.63) is 0 Å². The summed E-state index contributed by atoms with van der Waals surface area (Å²) in [6.07, 6.45) is 5.19. The van der Waals surface area contributed by atoms with Crippen molar-refractivity contribution in [3.63, 3.8) is 0 Å². The van der Waals surface area contributed by atoms with Gasteiger partial charge in [0.2, 0.25) is 0 Å². The first-order valence-corrected chi connectivity index (χ1v) is 5.90. The van der Waals surface area contributed by atoms with E-state index in [-0.39, 0.29) is 0 Å². The summed E-state index contributed by atoms with van der Waals surface area (Å²) in [5.74, 6) is 0.733. The lowest BCUT2D eigenvalue weighted by Crippen LogP contribution is -2.50. The molecule has 0 aromatic rings. The molecule has 3 heteroatoms. The maximum absolute atomic E-state index is 5.74. The summed E-state index contributed by atoms with van der Waals surface area (Å²) in [5.41, 5.74) is 5.74. The summed E-state index contributed by atoms with van der Waals surface area (Å²) in [6.45, 7) is 4.28. The third-order valence-corrected chi connectivity index (χ3v) is 3.59. The number of hydrogen-bond acceptors (Lipinski definition) is 3. The molecule has 1 heterocycles. The van der Waals surface area contributed by atoms with E-state index >= 15 is 0 Å². The van der Waals surface area contributed by atoms with E-state index in [4.69, 9.17) is 10.5 Å². The standard InChI is InChI=1S/C11H22N2O/c1-2-11-8(3-4-14-11)7-13-10-5-9(12)6-10/h8-11,13H,2-7,12H2,1H3. The van der Waals surface area contributed by atoms with E-state index in [2.05, 4.69) is 12.2 Å². The number of nitrogens with one attached hydrogen (secondary N) is 1. The largest absolute Gasteiger partial charge is 0.378 e. The molecule has 0 amide bonds. The fourth-order valence-electron chi connectivity index (χ4n) is 2.52. The van der Waals surface area contributed by atoms with E-state index in [1.807, 2.05) is 0 Å². The lowest BCUT2D eigenvalue weighted by atomic mass is 9.87. The molecule has 1 saturated heterocycles. The molecule has 0 bridgehead atoms. The molecular formula is C11H22N2O. The van der Waals surface area contributed by atoms with Crippen LogP contribution in [0.5, 0.6) is 0 Å². The Morgan fingerprint density at radius 3 is 2.86 bits per heavy atom. The van der Waals surface area contributed by atoms with Crippen LogP contribution in [0.2, 0.25) is 0 Å². The van der Waals surface area contributed by atoms with Crippen molar-refractivity contribution >= 4 is 0 Å². The van der Waals surface area contributed by atoms with Crippen molar-refractivity contribution < 1.29 is 4.74 Å². The zero-order valence-corrected chi connectivity index (χ0v) is 9.04. The molecule has 3 nitrogen and oxygen atoms in total. The molecule has 1 aliphatic carbocycles. The van der Waals surface area contributed by atoms with Crippen molar-refractivity contribution in [2.75, 3.05) is 13.2 Å². The van der Waals surface area contributed by atoms with Crippen LogP contribution in [0.1, 0.15) is 32.6 Å². The molecule has 1 saturated carbocycles. The van der Waals surface area contributed by atoms with Crippen LogP contribution in [0.25, 0.3) is 0 Å². The van der Waals surface area contributed by atoms with Crippen molar-refractivity contribution in [2.45, 2.75) is 50.8 Å².